The molecule has 0 aromatic heterocycles. The summed E-state index contributed by atoms with van der Waals surface area (Å²) < 4.78 is 5.46. The summed E-state index contributed by atoms with van der Waals surface area (Å²) >= 11 is 0. The van der Waals surface area contributed by atoms with Gasteiger partial charge >= 0.3 is 5.97 Å². The highest BCUT2D eigenvalue weighted by atomic mass is 16.5. The molecular weight excluding hydrogens is 755 g/mol. The predicted molar refractivity (Wildman–Crippen MR) is 264 cm³/mol. The first-order valence-electron chi connectivity index (χ1n) is 27.1. The Morgan fingerprint density at radius 2 is 0.770 bits per heavy atom. The van der Waals surface area contributed by atoms with E-state index in [9.17, 15) is 19.8 Å². The van der Waals surface area contributed by atoms with Crippen molar-refractivity contribution in [1.82, 2.24) is 5.32 Å². The van der Waals surface area contributed by atoms with Crippen LogP contribution >= 0.6 is 0 Å². The van der Waals surface area contributed by atoms with Crippen molar-refractivity contribution in [2.24, 2.45) is 0 Å². The fraction of sp³-hybridized carbons (Fsp3) is 0.891. The minimum absolute atomic E-state index is 0.00101. The van der Waals surface area contributed by atoms with Crippen molar-refractivity contribution >= 4 is 11.9 Å². The Morgan fingerprint density at radius 3 is 1.20 bits per heavy atom. The van der Waals surface area contributed by atoms with E-state index in [1.54, 1.807) is 0 Å². The molecule has 0 aliphatic carbocycles. The molecule has 3 N–H and O–H groups in total. The summed E-state index contributed by atoms with van der Waals surface area (Å²) in [4.78, 5) is 24.4. The van der Waals surface area contributed by atoms with Crippen LogP contribution in [0.3, 0.4) is 0 Å². The molecule has 0 aliphatic rings. The second kappa shape index (κ2) is 51.0. The van der Waals surface area contributed by atoms with Crippen LogP contribution in [-0.2, 0) is 14.3 Å². The van der Waals surface area contributed by atoms with Crippen molar-refractivity contribution in [3.05, 3.63) is 24.3 Å². The van der Waals surface area contributed by atoms with Crippen molar-refractivity contribution in [2.45, 2.75) is 302 Å². The molecule has 0 heterocycles. The highest BCUT2D eigenvalue weighted by Crippen LogP contribution is 2.16. The molecule has 0 aromatic carbocycles. The first kappa shape index (κ1) is 59.3. The lowest BCUT2D eigenvalue weighted by Crippen LogP contribution is -2.45. The molecule has 0 saturated heterocycles. The maximum atomic E-state index is 12.4. The molecule has 1 amide bonds. The molecule has 0 spiro atoms. The van der Waals surface area contributed by atoms with Crippen LogP contribution in [0.2, 0.25) is 0 Å². The van der Waals surface area contributed by atoms with Crippen LogP contribution in [0.4, 0.5) is 0 Å². The minimum atomic E-state index is -0.665. The second-order valence-electron chi connectivity index (χ2n) is 18.6. The van der Waals surface area contributed by atoms with Crippen molar-refractivity contribution in [1.29, 1.82) is 0 Å². The van der Waals surface area contributed by atoms with Crippen molar-refractivity contribution in [2.75, 3.05) is 13.2 Å². The Kier molecular flexibility index (Phi) is 49.6. The summed E-state index contributed by atoms with van der Waals surface area (Å²) in [5.74, 6) is -0.0428. The molecule has 0 rings (SSSR count). The van der Waals surface area contributed by atoms with Gasteiger partial charge in [-0.15, -0.1) is 0 Å². The van der Waals surface area contributed by atoms with Crippen molar-refractivity contribution in [3.63, 3.8) is 0 Å². The molecule has 6 nitrogen and oxygen atoms in total. The third kappa shape index (κ3) is 47.7. The maximum absolute atomic E-state index is 12.4. The van der Waals surface area contributed by atoms with E-state index < -0.39 is 12.1 Å². The van der Waals surface area contributed by atoms with E-state index in [4.69, 9.17) is 4.74 Å². The Morgan fingerprint density at radius 1 is 0.443 bits per heavy atom. The third-order valence-electron chi connectivity index (χ3n) is 12.5. The summed E-state index contributed by atoms with van der Waals surface area (Å²) in [6.07, 6.45) is 60.3. The average molecular weight is 860 g/mol. The number of carbonyl (C=O) groups is 2. The van der Waals surface area contributed by atoms with E-state index in [2.05, 4.69) is 43.5 Å². The molecule has 0 aliphatic heterocycles. The van der Waals surface area contributed by atoms with Gasteiger partial charge in [-0.05, 0) is 77.0 Å². The number of aliphatic hydroxyl groups excluding tert-OH is 2. The van der Waals surface area contributed by atoms with Gasteiger partial charge in [-0.3, -0.25) is 9.59 Å². The summed E-state index contributed by atoms with van der Waals surface area (Å²) in [5.41, 5.74) is 0. The number of allylic oxidation sites excluding steroid dienone is 4. The highest BCUT2D eigenvalue weighted by molar-refractivity contribution is 5.76. The Labute approximate surface area is 380 Å². The van der Waals surface area contributed by atoms with Crippen molar-refractivity contribution in [3.8, 4) is 0 Å². The first-order chi connectivity index (χ1) is 30.0. The summed E-state index contributed by atoms with van der Waals surface area (Å²) in [7, 11) is 0. The fourth-order valence-electron chi connectivity index (χ4n) is 8.28. The predicted octanol–water partition coefficient (Wildman–Crippen LogP) is 16.3. The van der Waals surface area contributed by atoms with Crippen LogP contribution in [0.25, 0.3) is 0 Å². The largest absolute Gasteiger partial charge is 0.466 e. The number of carbonyl (C=O) groups excluding carboxylic acids is 2. The molecule has 0 saturated carbocycles. The van der Waals surface area contributed by atoms with E-state index in [1.807, 2.05) is 0 Å². The molecule has 0 fully saturated rings. The number of hydrogen-bond donors (Lipinski definition) is 3. The molecular formula is C55H105NO5. The summed E-state index contributed by atoms with van der Waals surface area (Å²) in [6.45, 7) is 4.90. The van der Waals surface area contributed by atoms with E-state index >= 15 is 0 Å². The van der Waals surface area contributed by atoms with Crippen molar-refractivity contribution < 1.29 is 24.5 Å². The number of unbranched alkanes of at least 4 members (excludes halogenated alkanes) is 35. The number of esters is 1. The summed E-state index contributed by atoms with van der Waals surface area (Å²) in [6, 6.07) is -0.543. The van der Waals surface area contributed by atoms with E-state index in [0.29, 0.717) is 25.9 Å². The van der Waals surface area contributed by atoms with Gasteiger partial charge in [0.15, 0.2) is 0 Å². The van der Waals surface area contributed by atoms with Gasteiger partial charge in [-0.1, -0.05) is 224 Å². The SMILES string of the molecule is CCCCC/C=C\CCCCCCCC(=O)OCCCCCCCCCCCCCC/C=C\CCCCCCCCCC(=O)NC(CO)C(O)CCCCCCCCCCC. The van der Waals surface area contributed by atoms with Gasteiger partial charge in [-0.2, -0.15) is 0 Å². The van der Waals surface area contributed by atoms with E-state index in [-0.39, 0.29) is 18.5 Å². The lowest BCUT2D eigenvalue weighted by atomic mass is 10.0. The van der Waals surface area contributed by atoms with Crippen LogP contribution in [0, 0.1) is 0 Å². The van der Waals surface area contributed by atoms with Gasteiger partial charge in [0, 0.05) is 12.8 Å². The molecule has 360 valence electrons. The van der Waals surface area contributed by atoms with Crippen LogP contribution in [0.15, 0.2) is 24.3 Å². The molecule has 61 heavy (non-hydrogen) atoms. The second-order valence-corrected chi connectivity index (χ2v) is 18.6. The fourth-order valence-corrected chi connectivity index (χ4v) is 8.28. The molecule has 0 radical (unpaired) electrons. The van der Waals surface area contributed by atoms with Crippen LogP contribution in [0.5, 0.6) is 0 Å². The molecule has 0 bridgehead atoms. The molecule has 2 atom stereocenters. The Balaban J connectivity index is 3.39. The molecule has 6 heteroatoms. The lowest BCUT2D eigenvalue weighted by molar-refractivity contribution is -0.143. The number of aliphatic hydroxyl groups is 2. The van der Waals surface area contributed by atoms with Crippen LogP contribution in [0.1, 0.15) is 290 Å². The lowest BCUT2D eigenvalue weighted by Gasteiger charge is -2.22. The number of ether oxygens (including phenoxy) is 1. The highest BCUT2D eigenvalue weighted by Gasteiger charge is 2.20. The smallest absolute Gasteiger partial charge is 0.305 e. The van der Waals surface area contributed by atoms with Gasteiger partial charge in [0.2, 0.25) is 5.91 Å². The normalized spacial score (nSPS) is 12.8. The van der Waals surface area contributed by atoms with Gasteiger partial charge in [0.25, 0.3) is 0 Å². The van der Waals surface area contributed by atoms with Crippen LogP contribution in [-0.4, -0.2) is 47.4 Å². The topological polar surface area (TPSA) is 95.9 Å². The first-order valence-corrected chi connectivity index (χ1v) is 27.1. The van der Waals surface area contributed by atoms with Gasteiger partial charge in [-0.25, -0.2) is 0 Å². The summed E-state index contributed by atoms with van der Waals surface area (Å²) in [5, 5.41) is 23.1. The number of nitrogens with one attached hydrogen (secondary N) is 1. The minimum Gasteiger partial charge on any atom is -0.466 e. The zero-order valence-corrected chi connectivity index (χ0v) is 40.9. The maximum Gasteiger partial charge on any atom is 0.305 e. The van der Waals surface area contributed by atoms with Gasteiger partial charge in [0.1, 0.15) is 0 Å². The third-order valence-corrected chi connectivity index (χ3v) is 12.5. The van der Waals surface area contributed by atoms with Gasteiger partial charge in [0.05, 0.1) is 25.4 Å². The number of hydrogen-bond acceptors (Lipinski definition) is 5. The number of rotatable bonds is 50. The van der Waals surface area contributed by atoms with E-state index in [1.165, 1.54) is 212 Å². The van der Waals surface area contributed by atoms with Crippen LogP contribution < -0.4 is 5.32 Å². The Bertz CT molecular complexity index is 951. The van der Waals surface area contributed by atoms with Gasteiger partial charge < -0.3 is 20.3 Å². The monoisotopic (exact) mass is 860 g/mol. The average Bonchev–Trinajstić information content (AvgIpc) is 3.26. The zero-order valence-electron chi connectivity index (χ0n) is 40.9. The van der Waals surface area contributed by atoms with E-state index in [0.717, 1.165) is 44.9 Å². The number of amides is 1. The zero-order chi connectivity index (χ0) is 44.4. The quantitative estimate of drug-likeness (QED) is 0.0322. The molecule has 0 aromatic rings. The Hall–Kier alpha value is -1.66. The molecule has 2 unspecified atom stereocenters. The standard InChI is InChI=1S/C55H105NO5/c1-3-5-7-9-11-13-14-29-33-37-41-45-49-55(60)61-50-46-42-38-34-30-27-25-23-21-19-17-15-16-18-20-22-24-26-28-32-36-40-44-48-54(59)56-52(51-57)53(58)47-43-39-35-31-12-10-8-6-4-2/h11,13,18,20,52-53,57-58H,3-10,12,14-17,19,21-51H2,1-2H3,(H,56,59)/b13-11-,20-18-.